The molecule has 1 saturated heterocycles. The van der Waals surface area contributed by atoms with Gasteiger partial charge in [-0.1, -0.05) is 65.0 Å². The number of rotatable bonds is 6. The van der Waals surface area contributed by atoms with E-state index in [0.717, 1.165) is 19.0 Å². The van der Waals surface area contributed by atoms with Gasteiger partial charge >= 0.3 is 0 Å². The second-order valence-corrected chi connectivity index (χ2v) is 5.86. The molecule has 1 aliphatic heterocycles. The van der Waals surface area contributed by atoms with Crippen LogP contribution in [0.4, 0.5) is 0 Å². The number of nitrogens with one attached hydrogen (secondary N) is 1. The number of piperidine rings is 1. The molecule has 0 radical (unpaired) electrons. The third-order valence-electron chi connectivity index (χ3n) is 3.95. The summed E-state index contributed by atoms with van der Waals surface area (Å²) in [5.41, 5.74) is 1.75. The molecular formula is C19H35N. The van der Waals surface area contributed by atoms with Gasteiger partial charge in [0.15, 0.2) is 0 Å². The van der Waals surface area contributed by atoms with Gasteiger partial charge in [0.1, 0.15) is 0 Å². The summed E-state index contributed by atoms with van der Waals surface area (Å²) in [4.78, 5) is 0. The van der Waals surface area contributed by atoms with E-state index in [1.165, 1.54) is 31.3 Å². The zero-order valence-corrected chi connectivity index (χ0v) is 14.3. The molecule has 1 nitrogen and oxygen atoms in total. The Morgan fingerprint density at radius 2 is 2.10 bits per heavy atom. The van der Waals surface area contributed by atoms with Crippen molar-refractivity contribution < 1.29 is 0 Å². The Morgan fingerprint density at radius 3 is 2.55 bits per heavy atom. The Kier molecular flexibility index (Phi) is 10.5. The van der Waals surface area contributed by atoms with Gasteiger partial charge in [-0.25, -0.2) is 0 Å². The van der Waals surface area contributed by atoms with Crippen LogP contribution in [-0.2, 0) is 0 Å². The molecule has 0 aliphatic carbocycles. The van der Waals surface area contributed by atoms with Gasteiger partial charge in [0.2, 0.25) is 0 Å². The normalized spacial score (nSPS) is 27.1. The van der Waals surface area contributed by atoms with Crippen molar-refractivity contribution in [2.75, 3.05) is 6.54 Å². The second kappa shape index (κ2) is 10.9. The first-order valence-electron chi connectivity index (χ1n) is 8.31. The summed E-state index contributed by atoms with van der Waals surface area (Å²) in [5.74, 6) is 0. The summed E-state index contributed by atoms with van der Waals surface area (Å²) >= 11 is 0. The molecule has 0 aromatic heterocycles. The van der Waals surface area contributed by atoms with Gasteiger partial charge < -0.3 is 5.32 Å². The molecule has 116 valence electrons. The molecule has 0 amide bonds. The maximum atomic E-state index is 3.93. The standard InChI is InChI=1S/C17H29N.C2H6/c1-5-8-10-15(7-3)13-17(4)12-11-16(9-6-2)18-14-17;1-2/h5,7-8,10,16,18H,3,6,9,11-14H2,1-2,4H3;1-2H3/b8-5-,15-10+;. The fourth-order valence-electron chi connectivity index (χ4n) is 2.76. The molecule has 1 aliphatic rings. The van der Waals surface area contributed by atoms with Crippen LogP contribution < -0.4 is 5.32 Å². The number of hydrogen-bond donors (Lipinski definition) is 1. The lowest BCUT2D eigenvalue weighted by Gasteiger charge is -2.38. The van der Waals surface area contributed by atoms with E-state index < -0.39 is 0 Å². The van der Waals surface area contributed by atoms with Gasteiger partial charge in [-0.2, -0.15) is 0 Å². The van der Waals surface area contributed by atoms with E-state index in [0.29, 0.717) is 5.41 Å². The van der Waals surface area contributed by atoms with Crippen LogP contribution in [0.1, 0.15) is 66.7 Å². The Balaban J connectivity index is 0.00000172. The van der Waals surface area contributed by atoms with Crippen LogP contribution in [-0.4, -0.2) is 12.6 Å². The highest BCUT2D eigenvalue weighted by Crippen LogP contribution is 2.35. The van der Waals surface area contributed by atoms with Gasteiger partial charge in [0.25, 0.3) is 0 Å². The summed E-state index contributed by atoms with van der Waals surface area (Å²) < 4.78 is 0. The molecule has 0 aromatic carbocycles. The number of hydrogen-bond acceptors (Lipinski definition) is 1. The average Bonchev–Trinajstić information content (AvgIpc) is 2.48. The summed E-state index contributed by atoms with van der Waals surface area (Å²) in [6.07, 6.45) is 14.8. The minimum atomic E-state index is 0.395. The molecule has 1 fully saturated rings. The first-order valence-corrected chi connectivity index (χ1v) is 8.31. The van der Waals surface area contributed by atoms with Crippen LogP contribution in [0.15, 0.2) is 36.5 Å². The summed E-state index contributed by atoms with van der Waals surface area (Å²) in [5, 5.41) is 3.72. The third-order valence-corrected chi connectivity index (χ3v) is 3.95. The minimum Gasteiger partial charge on any atom is -0.313 e. The highest BCUT2D eigenvalue weighted by molar-refractivity contribution is 5.23. The Bertz CT molecular complexity index is 304. The number of allylic oxidation sites excluding steroid dienone is 5. The van der Waals surface area contributed by atoms with Gasteiger partial charge in [-0.05, 0) is 43.6 Å². The first kappa shape index (κ1) is 19.2. The van der Waals surface area contributed by atoms with Crippen molar-refractivity contribution in [3.8, 4) is 0 Å². The van der Waals surface area contributed by atoms with E-state index in [1.807, 2.05) is 19.9 Å². The van der Waals surface area contributed by atoms with Gasteiger partial charge in [0.05, 0.1) is 0 Å². The molecule has 0 bridgehead atoms. The second-order valence-electron chi connectivity index (χ2n) is 5.86. The zero-order chi connectivity index (χ0) is 15.4. The van der Waals surface area contributed by atoms with Crippen LogP contribution in [0.3, 0.4) is 0 Å². The maximum absolute atomic E-state index is 3.93. The van der Waals surface area contributed by atoms with E-state index in [2.05, 4.69) is 50.9 Å². The lowest BCUT2D eigenvalue weighted by atomic mass is 9.75. The average molecular weight is 277 g/mol. The van der Waals surface area contributed by atoms with Gasteiger partial charge in [-0.15, -0.1) is 0 Å². The minimum absolute atomic E-state index is 0.395. The van der Waals surface area contributed by atoms with Gasteiger partial charge in [-0.3, -0.25) is 0 Å². The largest absolute Gasteiger partial charge is 0.313 e. The van der Waals surface area contributed by atoms with E-state index in [4.69, 9.17) is 0 Å². The molecule has 1 heterocycles. The van der Waals surface area contributed by atoms with Crippen molar-refractivity contribution >= 4 is 0 Å². The van der Waals surface area contributed by atoms with Crippen molar-refractivity contribution in [1.29, 1.82) is 0 Å². The van der Waals surface area contributed by atoms with Crippen LogP contribution in [0.2, 0.25) is 0 Å². The highest BCUT2D eigenvalue weighted by Gasteiger charge is 2.30. The summed E-state index contributed by atoms with van der Waals surface area (Å²) in [7, 11) is 0. The molecule has 20 heavy (non-hydrogen) atoms. The molecular weight excluding hydrogens is 242 g/mol. The summed E-state index contributed by atoms with van der Waals surface area (Å²) in [6.45, 7) is 15.8. The van der Waals surface area contributed by atoms with Crippen LogP contribution in [0.25, 0.3) is 0 Å². The molecule has 1 N–H and O–H groups in total. The zero-order valence-electron chi connectivity index (χ0n) is 14.3. The van der Waals surface area contributed by atoms with Crippen molar-refractivity contribution in [3.63, 3.8) is 0 Å². The topological polar surface area (TPSA) is 12.0 Å². The predicted octanol–water partition coefficient (Wildman–Crippen LogP) is 5.65. The SMILES string of the molecule is C=C/C(=C\C=C/C)CC1(C)CCC(CCC)NC1.CC. The predicted molar refractivity (Wildman–Crippen MR) is 93.1 cm³/mol. The molecule has 2 atom stereocenters. The fraction of sp³-hybridized carbons (Fsp3) is 0.684. The van der Waals surface area contributed by atoms with E-state index in [-0.39, 0.29) is 0 Å². The fourth-order valence-corrected chi connectivity index (χ4v) is 2.76. The van der Waals surface area contributed by atoms with Crippen molar-refractivity contribution in [2.45, 2.75) is 72.8 Å². The van der Waals surface area contributed by atoms with Gasteiger partial charge in [0, 0.05) is 12.6 Å². The summed E-state index contributed by atoms with van der Waals surface area (Å²) in [6, 6.07) is 0.745. The van der Waals surface area contributed by atoms with Crippen LogP contribution in [0.5, 0.6) is 0 Å². The Labute approximate surface area is 127 Å². The molecule has 1 heteroatoms. The molecule has 0 saturated carbocycles. The molecule has 2 unspecified atom stereocenters. The van der Waals surface area contributed by atoms with Crippen molar-refractivity contribution in [3.05, 3.63) is 36.5 Å². The molecule has 0 aromatic rings. The van der Waals surface area contributed by atoms with Crippen molar-refractivity contribution in [1.82, 2.24) is 5.32 Å². The third kappa shape index (κ3) is 7.09. The van der Waals surface area contributed by atoms with E-state index >= 15 is 0 Å². The van der Waals surface area contributed by atoms with Crippen LogP contribution in [0, 0.1) is 5.41 Å². The lowest BCUT2D eigenvalue weighted by molar-refractivity contribution is 0.194. The first-order chi connectivity index (χ1) is 9.63. The van der Waals surface area contributed by atoms with E-state index in [1.54, 1.807) is 0 Å². The van der Waals surface area contributed by atoms with E-state index in [9.17, 15) is 0 Å². The quantitative estimate of drug-likeness (QED) is 0.619. The monoisotopic (exact) mass is 277 g/mol. The Hall–Kier alpha value is -0.820. The van der Waals surface area contributed by atoms with Crippen molar-refractivity contribution in [2.24, 2.45) is 5.41 Å². The molecule has 0 spiro atoms. The maximum Gasteiger partial charge on any atom is 0.00674 e. The van der Waals surface area contributed by atoms with Crippen LogP contribution >= 0.6 is 0 Å². The Morgan fingerprint density at radius 1 is 1.40 bits per heavy atom. The lowest BCUT2D eigenvalue weighted by Crippen LogP contribution is -2.44. The highest BCUT2D eigenvalue weighted by atomic mass is 14.9. The smallest absolute Gasteiger partial charge is 0.00674 e. The molecule has 1 rings (SSSR count).